The number of carbonyl (C=O) groups excluding carboxylic acids is 1. The highest BCUT2D eigenvalue weighted by Gasteiger charge is 2.14. The van der Waals surface area contributed by atoms with Crippen molar-refractivity contribution >= 4 is 5.91 Å². The maximum atomic E-state index is 11.7. The van der Waals surface area contributed by atoms with Gasteiger partial charge in [-0.15, -0.1) is 0 Å². The second-order valence-corrected chi connectivity index (χ2v) is 4.21. The summed E-state index contributed by atoms with van der Waals surface area (Å²) >= 11 is 0. The van der Waals surface area contributed by atoms with Gasteiger partial charge in [0.25, 0.3) is 0 Å². The van der Waals surface area contributed by atoms with E-state index in [1.165, 1.54) is 0 Å². The smallest absolute Gasteiger partial charge is 0.236 e. The van der Waals surface area contributed by atoms with E-state index in [0.717, 1.165) is 12.8 Å². The number of nitrogens with one attached hydrogen (secondary N) is 2. The summed E-state index contributed by atoms with van der Waals surface area (Å²) in [6, 6.07) is 0.0964. The van der Waals surface area contributed by atoms with Crippen molar-refractivity contribution in [1.29, 1.82) is 0 Å². The van der Waals surface area contributed by atoms with Crippen molar-refractivity contribution in [2.45, 2.75) is 38.8 Å². The Morgan fingerprint density at radius 3 is 2.41 bits per heavy atom. The molecule has 0 aliphatic heterocycles. The fourth-order valence-electron chi connectivity index (χ4n) is 1.46. The molecule has 0 spiro atoms. The van der Waals surface area contributed by atoms with Crippen LogP contribution in [0.5, 0.6) is 0 Å². The van der Waals surface area contributed by atoms with Gasteiger partial charge in [0.2, 0.25) is 5.91 Å². The summed E-state index contributed by atoms with van der Waals surface area (Å²) in [4.78, 5) is 11.7. The van der Waals surface area contributed by atoms with Gasteiger partial charge in [0.15, 0.2) is 0 Å². The first kappa shape index (κ1) is 16.4. The fourth-order valence-corrected chi connectivity index (χ4v) is 1.46. The number of carbonyl (C=O) groups is 1. The third-order valence-corrected chi connectivity index (χ3v) is 2.51. The lowest BCUT2D eigenvalue weighted by Gasteiger charge is -2.19. The van der Waals surface area contributed by atoms with E-state index in [1.54, 1.807) is 14.2 Å². The lowest BCUT2D eigenvalue weighted by molar-refractivity contribution is -0.123. The van der Waals surface area contributed by atoms with Crippen LogP contribution in [0.2, 0.25) is 0 Å². The molecule has 2 N–H and O–H groups in total. The molecule has 0 aromatic heterocycles. The van der Waals surface area contributed by atoms with E-state index in [-0.39, 0.29) is 18.0 Å². The highest BCUT2D eigenvalue weighted by atomic mass is 16.5. The topological polar surface area (TPSA) is 59.6 Å². The summed E-state index contributed by atoms with van der Waals surface area (Å²) in [6.07, 6.45) is 1.74. The molecule has 0 heterocycles. The maximum absolute atomic E-state index is 11.7. The standard InChI is InChI=1S/C12H26N2O3/c1-10(6-9-17-4)14-11(2)12(15)13-7-5-8-16-3/h10-11,14H,5-9H2,1-4H3,(H,13,15). The van der Waals surface area contributed by atoms with Crippen LogP contribution in [-0.2, 0) is 14.3 Å². The summed E-state index contributed by atoms with van der Waals surface area (Å²) in [5, 5.41) is 6.10. The van der Waals surface area contributed by atoms with E-state index >= 15 is 0 Å². The lowest BCUT2D eigenvalue weighted by Crippen LogP contribution is -2.46. The van der Waals surface area contributed by atoms with Gasteiger partial charge in [0, 0.05) is 40.0 Å². The zero-order valence-electron chi connectivity index (χ0n) is 11.4. The molecule has 5 heteroatoms. The Balaban J connectivity index is 3.65. The van der Waals surface area contributed by atoms with Gasteiger partial charge in [-0.05, 0) is 26.7 Å². The van der Waals surface area contributed by atoms with E-state index < -0.39 is 0 Å². The van der Waals surface area contributed by atoms with Gasteiger partial charge in [-0.3, -0.25) is 4.79 Å². The van der Waals surface area contributed by atoms with E-state index in [0.29, 0.717) is 19.8 Å². The molecular weight excluding hydrogens is 220 g/mol. The quantitative estimate of drug-likeness (QED) is 0.552. The fraction of sp³-hybridized carbons (Fsp3) is 0.917. The molecular formula is C12H26N2O3. The zero-order chi connectivity index (χ0) is 13.1. The van der Waals surface area contributed by atoms with Crippen LogP contribution in [0.1, 0.15) is 26.7 Å². The molecule has 0 aromatic carbocycles. The third-order valence-electron chi connectivity index (χ3n) is 2.51. The molecule has 0 saturated heterocycles. The number of amides is 1. The third kappa shape index (κ3) is 9.09. The molecule has 0 rings (SSSR count). The van der Waals surface area contributed by atoms with Crippen LogP contribution in [0.25, 0.3) is 0 Å². The maximum Gasteiger partial charge on any atom is 0.236 e. The van der Waals surface area contributed by atoms with Crippen molar-refractivity contribution in [3.05, 3.63) is 0 Å². The number of hydrogen-bond acceptors (Lipinski definition) is 4. The molecule has 102 valence electrons. The molecule has 2 atom stereocenters. The van der Waals surface area contributed by atoms with Crippen molar-refractivity contribution in [2.24, 2.45) is 0 Å². The van der Waals surface area contributed by atoms with Crippen molar-refractivity contribution in [3.63, 3.8) is 0 Å². The van der Waals surface area contributed by atoms with Gasteiger partial charge >= 0.3 is 0 Å². The van der Waals surface area contributed by atoms with Crippen LogP contribution >= 0.6 is 0 Å². The minimum atomic E-state index is -0.176. The molecule has 5 nitrogen and oxygen atoms in total. The molecule has 0 saturated carbocycles. The first-order valence-corrected chi connectivity index (χ1v) is 6.13. The zero-order valence-corrected chi connectivity index (χ0v) is 11.4. The number of methoxy groups -OCH3 is 2. The second kappa shape index (κ2) is 10.5. The predicted molar refractivity (Wildman–Crippen MR) is 68.1 cm³/mol. The van der Waals surface area contributed by atoms with Crippen LogP contribution in [0.4, 0.5) is 0 Å². The molecule has 2 unspecified atom stereocenters. The molecule has 0 aliphatic rings. The van der Waals surface area contributed by atoms with Crippen LogP contribution < -0.4 is 10.6 Å². The van der Waals surface area contributed by atoms with Gasteiger partial charge in [-0.25, -0.2) is 0 Å². The summed E-state index contributed by atoms with van der Waals surface area (Å²) in [6.45, 7) is 5.95. The minimum absolute atomic E-state index is 0.0327. The lowest BCUT2D eigenvalue weighted by atomic mass is 10.2. The molecule has 0 fully saturated rings. The average molecular weight is 246 g/mol. The Kier molecular flexibility index (Phi) is 10.1. The van der Waals surface area contributed by atoms with Gasteiger partial charge < -0.3 is 20.1 Å². The monoisotopic (exact) mass is 246 g/mol. The molecule has 0 bridgehead atoms. The summed E-state index contributed by atoms with van der Waals surface area (Å²) < 4.78 is 9.90. The first-order chi connectivity index (χ1) is 8.11. The van der Waals surface area contributed by atoms with E-state index in [4.69, 9.17) is 9.47 Å². The number of ether oxygens (including phenoxy) is 2. The Labute approximate surface area is 104 Å². The van der Waals surface area contributed by atoms with Crippen LogP contribution in [-0.4, -0.2) is 52.0 Å². The Hall–Kier alpha value is -0.650. The van der Waals surface area contributed by atoms with E-state index in [2.05, 4.69) is 10.6 Å². The molecule has 1 amide bonds. The molecule has 0 aliphatic carbocycles. The van der Waals surface area contributed by atoms with Gasteiger partial charge in [0.1, 0.15) is 0 Å². The molecule has 0 aromatic rings. The summed E-state index contributed by atoms with van der Waals surface area (Å²) in [5.74, 6) is 0.0327. The van der Waals surface area contributed by atoms with Gasteiger partial charge in [-0.1, -0.05) is 0 Å². The van der Waals surface area contributed by atoms with Crippen molar-refractivity contribution in [2.75, 3.05) is 34.0 Å². The van der Waals surface area contributed by atoms with E-state index in [1.807, 2.05) is 13.8 Å². The number of rotatable bonds is 10. The van der Waals surface area contributed by atoms with Crippen molar-refractivity contribution in [3.8, 4) is 0 Å². The number of hydrogen-bond donors (Lipinski definition) is 2. The predicted octanol–water partition coefficient (Wildman–Crippen LogP) is 0.542. The molecule has 0 radical (unpaired) electrons. The first-order valence-electron chi connectivity index (χ1n) is 6.13. The summed E-state index contributed by atoms with van der Waals surface area (Å²) in [5.41, 5.74) is 0. The largest absolute Gasteiger partial charge is 0.385 e. The van der Waals surface area contributed by atoms with E-state index in [9.17, 15) is 4.79 Å². The minimum Gasteiger partial charge on any atom is -0.385 e. The Bertz CT molecular complexity index is 200. The van der Waals surface area contributed by atoms with Crippen molar-refractivity contribution in [1.82, 2.24) is 10.6 Å². The van der Waals surface area contributed by atoms with Crippen molar-refractivity contribution < 1.29 is 14.3 Å². The highest BCUT2D eigenvalue weighted by molar-refractivity contribution is 5.81. The normalized spacial score (nSPS) is 14.4. The van der Waals surface area contributed by atoms with Crippen LogP contribution in [0.3, 0.4) is 0 Å². The van der Waals surface area contributed by atoms with Gasteiger partial charge in [0.05, 0.1) is 6.04 Å². The van der Waals surface area contributed by atoms with Crippen LogP contribution in [0.15, 0.2) is 0 Å². The highest BCUT2D eigenvalue weighted by Crippen LogP contribution is 1.94. The second-order valence-electron chi connectivity index (χ2n) is 4.21. The average Bonchev–Trinajstić information content (AvgIpc) is 2.31. The Morgan fingerprint density at radius 1 is 1.18 bits per heavy atom. The molecule has 17 heavy (non-hydrogen) atoms. The summed E-state index contributed by atoms with van der Waals surface area (Å²) in [7, 11) is 3.34. The SMILES string of the molecule is COCCCNC(=O)C(C)NC(C)CCOC. The Morgan fingerprint density at radius 2 is 1.82 bits per heavy atom. The van der Waals surface area contributed by atoms with Gasteiger partial charge in [-0.2, -0.15) is 0 Å². The van der Waals surface area contributed by atoms with Crippen LogP contribution in [0, 0.1) is 0 Å².